The van der Waals surface area contributed by atoms with Crippen molar-refractivity contribution in [2.75, 3.05) is 13.2 Å². The van der Waals surface area contributed by atoms with Crippen molar-refractivity contribution in [2.45, 2.75) is 18.9 Å². The van der Waals surface area contributed by atoms with Crippen LogP contribution in [-0.4, -0.2) is 37.3 Å². The number of benzene rings is 1. The summed E-state index contributed by atoms with van der Waals surface area (Å²) in [7, 11) is 0. The number of carbonyl (C=O) groups excluding carboxylic acids is 2. The van der Waals surface area contributed by atoms with Gasteiger partial charge >= 0.3 is 11.8 Å². The van der Waals surface area contributed by atoms with Gasteiger partial charge in [-0.05, 0) is 18.4 Å². The van der Waals surface area contributed by atoms with E-state index in [2.05, 4.69) is 15.8 Å². The first-order valence-electron chi connectivity index (χ1n) is 6.53. The number of ether oxygens (including phenoxy) is 1. The molecule has 0 saturated carbocycles. The van der Waals surface area contributed by atoms with Gasteiger partial charge in [0.05, 0.1) is 12.3 Å². The standard InChI is InChI=1S/C14H17N3O3/c18-13(15-10-12-7-4-8-20-12)14(19)17-16-9-11-5-2-1-3-6-11/h1-3,5-6,9,12H,4,7-8,10H2,(H,15,18)(H,17,19)/b16-9-/t12-/m1/s1. The molecule has 1 aliphatic heterocycles. The number of hydrazone groups is 1. The first kappa shape index (κ1) is 14.2. The van der Waals surface area contributed by atoms with Crippen LogP contribution in [0, 0.1) is 0 Å². The summed E-state index contributed by atoms with van der Waals surface area (Å²) < 4.78 is 5.35. The van der Waals surface area contributed by atoms with E-state index in [9.17, 15) is 9.59 Å². The van der Waals surface area contributed by atoms with Crippen LogP contribution in [0.15, 0.2) is 35.4 Å². The average molecular weight is 275 g/mol. The SMILES string of the molecule is O=C(NC[C@H]1CCCO1)C(=O)N/N=C\c1ccccc1. The van der Waals surface area contributed by atoms with Crippen LogP contribution >= 0.6 is 0 Å². The van der Waals surface area contributed by atoms with Gasteiger partial charge in [-0.1, -0.05) is 30.3 Å². The van der Waals surface area contributed by atoms with Gasteiger partial charge in [0, 0.05) is 13.2 Å². The maximum atomic E-state index is 11.5. The highest BCUT2D eigenvalue weighted by atomic mass is 16.5. The zero-order valence-electron chi connectivity index (χ0n) is 11.0. The van der Waals surface area contributed by atoms with Crippen molar-refractivity contribution in [3.05, 3.63) is 35.9 Å². The molecule has 2 amide bonds. The molecule has 1 aliphatic rings. The van der Waals surface area contributed by atoms with Crippen LogP contribution in [0.4, 0.5) is 0 Å². The second-order valence-corrected chi connectivity index (χ2v) is 4.45. The van der Waals surface area contributed by atoms with Crippen molar-refractivity contribution in [1.29, 1.82) is 0 Å². The quantitative estimate of drug-likeness (QED) is 0.475. The van der Waals surface area contributed by atoms with Crippen LogP contribution in [0.5, 0.6) is 0 Å². The minimum Gasteiger partial charge on any atom is -0.376 e. The lowest BCUT2D eigenvalue weighted by molar-refractivity contribution is -0.139. The Labute approximate surface area is 117 Å². The lowest BCUT2D eigenvalue weighted by atomic mass is 10.2. The molecule has 1 aromatic carbocycles. The normalized spacial score (nSPS) is 18.1. The smallest absolute Gasteiger partial charge is 0.329 e. The van der Waals surface area contributed by atoms with Crippen molar-refractivity contribution in [3.63, 3.8) is 0 Å². The van der Waals surface area contributed by atoms with E-state index >= 15 is 0 Å². The molecule has 1 heterocycles. The molecule has 1 saturated heterocycles. The van der Waals surface area contributed by atoms with Crippen LogP contribution in [0.1, 0.15) is 18.4 Å². The lowest BCUT2D eigenvalue weighted by Crippen LogP contribution is -2.41. The molecular formula is C14H17N3O3. The molecule has 0 bridgehead atoms. The lowest BCUT2D eigenvalue weighted by Gasteiger charge is -2.09. The van der Waals surface area contributed by atoms with Gasteiger partial charge in [-0.2, -0.15) is 5.10 Å². The largest absolute Gasteiger partial charge is 0.376 e. The fraction of sp³-hybridized carbons (Fsp3) is 0.357. The van der Waals surface area contributed by atoms with E-state index in [4.69, 9.17) is 4.74 Å². The molecule has 0 radical (unpaired) electrons. The molecule has 2 rings (SSSR count). The van der Waals surface area contributed by atoms with Gasteiger partial charge in [-0.25, -0.2) is 5.43 Å². The first-order valence-corrected chi connectivity index (χ1v) is 6.53. The van der Waals surface area contributed by atoms with Crippen LogP contribution in [0.2, 0.25) is 0 Å². The van der Waals surface area contributed by atoms with Crippen molar-refractivity contribution in [1.82, 2.24) is 10.7 Å². The zero-order valence-corrected chi connectivity index (χ0v) is 11.0. The maximum absolute atomic E-state index is 11.5. The summed E-state index contributed by atoms with van der Waals surface area (Å²) in [5, 5.41) is 6.25. The van der Waals surface area contributed by atoms with Gasteiger partial charge in [0.1, 0.15) is 0 Å². The minimum absolute atomic E-state index is 0.0135. The molecule has 106 valence electrons. The van der Waals surface area contributed by atoms with Gasteiger partial charge < -0.3 is 10.1 Å². The maximum Gasteiger partial charge on any atom is 0.329 e. The molecule has 2 N–H and O–H groups in total. The van der Waals surface area contributed by atoms with E-state index in [0.29, 0.717) is 13.2 Å². The monoisotopic (exact) mass is 275 g/mol. The molecule has 0 spiro atoms. The van der Waals surface area contributed by atoms with Crippen molar-refractivity contribution in [3.8, 4) is 0 Å². The van der Waals surface area contributed by atoms with Gasteiger partial charge in [-0.3, -0.25) is 9.59 Å². The van der Waals surface area contributed by atoms with Crippen LogP contribution < -0.4 is 10.7 Å². The number of nitrogens with zero attached hydrogens (tertiary/aromatic N) is 1. The highest BCUT2D eigenvalue weighted by Crippen LogP contribution is 2.10. The number of amides is 2. The minimum atomic E-state index is -0.782. The second-order valence-electron chi connectivity index (χ2n) is 4.45. The van der Waals surface area contributed by atoms with E-state index in [-0.39, 0.29) is 6.10 Å². The molecule has 20 heavy (non-hydrogen) atoms. The van der Waals surface area contributed by atoms with Crippen LogP contribution in [0.25, 0.3) is 0 Å². The van der Waals surface area contributed by atoms with E-state index in [1.54, 1.807) is 0 Å². The Morgan fingerprint density at radius 2 is 2.10 bits per heavy atom. The van der Waals surface area contributed by atoms with Gasteiger partial charge in [0.15, 0.2) is 0 Å². The topological polar surface area (TPSA) is 79.8 Å². The number of nitrogens with one attached hydrogen (secondary N) is 2. The number of carbonyl (C=O) groups is 2. The van der Waals surface area contributed by atoms with Crippen molar-refractivity contribution in [2.24, 2.45) is 5.10 Å². The predicted octanol–water partition coefficient (Wildman–Crippen LogP) is 0.432. The highest BCUT2D eigenvalue weighted by Gasteiger charge is 2.18. The number of rotatable bonds is 4. The van der Waals surface area contributed by atoms with E-state index in [1.807, 2.05) is 30.3 Å². The predicted molar refractivity (Wildman–Crippen MR) is 74.2 cm³/mol. The molecule has 6 heteroatoms. The molecule has 1 aromatic rings. The Hall–Kier alpha value is -2.21. The summed E-state index contributed by atoms with van der Waals surface area (Å²) in [4.78, 5) is 22.9. The zero-order chi connectivity index (χ0) is 14.2. The average Bonchev–Trinajstić information content (AvgIpc) is 2.99. The molecule has 0 unspecified atom stereocenters. The number of hydrogen-bond donors (Lipinski definition) is 2. The third-order valence-corrected chi connectivity index (χ3v) is 2.90. The Kier molecular flexibility index (Phi) is 5.25. The Morgan fingerprint density at radius 3 is 2.80 bits per heavy atom. The highest BCUT2D eigenvalue weighted by molar-refractivity contribution is 6.35. The summed E-state index contributed by atoms with van der Waals surface area (Å²) in [6, 6.07) is 9.28. The van der Waals surface area contributed by atoms with E-state index in [0.717, 1.165) is 18.4 Å². The number of hydrogen-bond acceptors (Lipinski definition) is 4. The Bertz CT molecular complexity index is 482. The summed E-state index contributed by atoms with van der Waals surface area (Å²) in [6.45, 7) is 1.07. The van der Waals surface area contributed by atoms with Crippen molar-refractivity contribution < 1.29 is 14.3 Å². The van der Waals surface area contributed by atoms with Gasteiger partial charge in [0.25, 0.3) is 0 Å². The second kappa shape index (κ2) is 7.40. The molecule has 1 fully saturated rings. The fourth-order valence-corrected chi connectivity index (χ4v) is 1.85. The molecule has 0 aromatic heterocycles. The molecular weight excluding hydrogens is 258 g/mol. The van der Waals surface area contributed by atoms with Crippen LogP contribution in [-0.2, 0) is 14.3 Å². The third kappa shape index (κ3) is 4.47. The first-order chi connectivity index (χ1) is 9.75. The molecule has 6 nitrogen and oxygen atoms in total. The molecule has 0 aliphatic carbocycles. The Morgan fingerprint density at radius 1 is 1.30 bits per heavy atom. The van der Waals surface area contributed by atoms with E-state index < -0.39 is 11.8 Å². The van der Waals surface area contributed by atoms with Crippen molar-refractivity contribution >= 4 is 18.0 Å². The van der Waals surface area contributed by atoms with Gasteiger partial charge in [-0.15, -0.1) is 0 Å². The summed E-state index contributed by atoms with van der Waals surface area (Å²) in [5.41, 5.74) is 3.02. The summed E-state index contributed by atoms with van der Waals surface area (Å²) in [5.74, 6) is -1.49. The fourth-order valence-electron chi connectivity index (χ4n) is 1.85. The van der Waals surface area contributed by atoms with Gasteiger partial charge in [0.2, 0.25) is 0 Å². The Balaban J connectivity index is 1.71. The summed E-state index contributed by atoms with van der Waals surface area (Å²) >= 11 is 0. The molecule has 1 atom stereocenters. The van der Waals surface area contributed by atoms with Crippen LogP contribution in [0.3, 0.4) is 0 Å². The van der Waals surface area contributed by atoms with E-state index in [1.165, 1.54) is 6.21 Å². The third-order valence-electron chi connectivity index (χ3n) is 2.90. The summed E-state index contributed by atoms with van der Waals surface area (Å²) in [6.07, 6.45) is 3.40.